The largest absolute Gasteiger partial charge is 0.351 e. The predicted molar refractivity (Wildman–Crippen MR) is 92.4 cm³/mol. The summed E-state index contributed by atoms with van der Waals surface area (Å²) in [5.41, 5.74) is 7.20. The normalized spacial score (nSPS) is 12.5. The van der Waals surface area contributed by atoms with Gasteiger partial charge in [-0.05, 0) is 25.5 Å². The molecule has 1 unspecified atom stereocenters. The van der Waals surface area contributed by atoms with Crippen LogP contribution in [0.5, 0.6) is 0 Å². The summed E-state index contributed by atoms with van der Waals surface area (Å²) < 4.78 is 3.21. The first-order chi connectivity index (χ1) is 11.1. The lowest BCUT2D eigenvalue weighted by atomic mass is 10.1. The highest BCUT2D eigenvalue weighted by Crippen LogP contribution is 2.12. The van der Waals surface area contributed by atoms with Crippen molar-refractivity contribution >= 4 is 16.9 Å². The minimum absolute atomic E-state index is 0.0228. The fourth-order valence-corrected chi connectivity index (χ4v) is 2.85. The number of carbonyl (C=O) groups is 1. The molecule has 0 radical (unpaired) electrons. The number of unbranched alkanes of at least 4 members (excludes halogenated alkanes) is 1. The van der Waals surface area contributed by atoms with Crippen LogP contribution in [-0.4, -0.2) is 27.6 Å². The zero-order valence-corrected chi connectivity index (χ0v) is 13.9. The lowest BCUT2D eigenvalue weighted by Crippen LogP contribution is -2.42. The van der Waals surface area contributed by atoms with Gasteiger partial charge in [0.05, 0.1) is 11.0 Å². The van der Waals surface area contributed by atoms with E-state index in [1.54, 1.807) is 4.57 Å². The maximum Gasteiger partial charge on any atom is 0.329 e. The molecular formula is C17H26N4O2. The predicted octanol–water partition coefficient (Wildman–Crippen LogP) is 1.46. The number of hydrogen-bond acceptors (Lipinski definition) is 3. The Morgan fingerprint density at radius 2 is 1.87 bits per heavy atom. The van der Waals surface area contributed by atoms with E-state index in [2.05, 4.69) is 12.2 Å². The molecule has 0 aliphatic rings. The molecule has 0 bridgehead atoms. The van der Waals surface area contributed by atoms with Gasteiger partial charge in [0, 0.05) is 19.1 Å². The molecule has 6 heteroatoms. The summed E-state index contributed by atoms with van der Waals surface area (Å²) in [5, 5.41) is 2.94. The number of carbonyl (C=O) groups excluding carboxylic acids is 1. The summed E-state index contributed by atoms with van der Waals surface area (Å²) in [6, 6.07) is 7.51. The summed E-state index contributed by atoms with van der Waals surface area (Å²) in [6.07, 6.45) is 2.96. The van der Waals surface area contributed by atoms with Crippen molar-refractivity contribution in [2.75, 3.05) is 6.54 Å². The summed E-state index contributed by atoms with van der Waals surface area (Å²) in [5.74, 6) is -0.169. The van der Waals surface area contributed by atoms with Crippen molar-refractivity contribution in [2.45, 2.75) is 52.2 Å². The van der Waals surface area contributed by atoms with Crippen LogP contribution in [0.2, 0.25) is 0 Å². The van der Waals surface area contributed by atoms with Gasteiger partial charge in [-0.15, -0.1) is 0 Å². The minimum Gasteiger partial charge on any atom is -0.351 e. The molecule has 1 atom stereocenters. The topological polar surface area (TPSA) is 82.1 Å². The molecule has 1 amide bonds. The first-order valence-electron chi connectivity index (χ1n) is 8.29. The maximum absolute atomic E-state index is 12.5. The van der Waals surface area contributed by atoms with Crippen molar-refractivity contribution in [3.63, 3.8) is 0 Å². The summed E-state index contributed by atoms with van der Waals surface area (Å²) >= 11 is 0. The Labute approximate surface area is 136 Å². The highest BCUT2D eigenvalue weighted by Gasteiger charge is 2.16. The molecule has 1 aromatic heterocycles. The van der Waals surface area contributed by atoms with E-state index in [1.807, 2.05) is 31.2 Å². The minimum atomic E-state index is -0.169. The number of rotatable bonds is 8. The van der Waals surface area contributed by atoms with E-state index in [4.69, 9.17) is 5.73 Å². The Morgan fingerprint density at radius 1 is 1.22 bits per heavy atom. The fourth-order valence-electron chi connectivity index (χ4n) is 2.85. The molecule has 1 aromatic carbocycles. The third-order valence-electron chi connectivity index (χ3n) is 4.10. The molecule has 3 N–H and O–H groups in total. The van der Waals surface area contributed by atoms with Crippen molar-refractivity contribution in [1.29, 1.82) is 0 Å². The van der Waals surface area contributed by atoms with Crippen LogP contribution in [0.25, 0.3) is 11.0 Å². The van der Waals surface area contributed by atoms with Crippen LogP contribution >= 0.6 is 0 Å². The Balaban J connectivity index is 2.20. The smallest absolute Gasteiger partial charge is 0.329 e. The van der Waals surface area contributed by atoms with Gasteiger partial charge in [-0.1, -0.05) is 31.9 Å². The zero-order valence-electron chi connectivity index (χ0n) is 13.9. The molecule has 0 saturated carbocycles. The molecule has 0 aliphatic heterocycles. The first-order valence-corrected chi connectivity index (χ1v) is 8.29. The van der Waals surface area contributed by atoms with Crippen LogP contribution in [0.1, 0.15) is 33.1 Å². The van der Waals surface area contributed by atoms with Crippen LogP contribution in [-0.2, 0) is 17.9 Å². The number of nitrogens with zero attached hydrogens (tertiary/aromatic N) is 2. The lowest BCUT2D eigenvalue weighted by molar-refractivity contribution is -0.122. The number of benzene rings is 1. The van der Waals surface area contributed by atoms with Crippen LogP contribution in [0, 0.1) is 0 Å². The van der Waals surface area contributed by atoms with Gasteiger partial charge < -0.3 is 11.1 Å². The van der Waals surface area contributed by atoms with Gasteiger partial charge in [-0.25, -0.2) is 4.79 Å². The second-order valence-electron chi connectivity index (χ2n) is 5.74. The number of fused-ring (bicyclic) bond motifs is 1. The number of nitrogens with one attached hydrogen (secondary N) is 1. The van der Waals surface area contributed by atoms with Gasteiger partial charge >= 0.3 is 5.69 Å². The second-order valence-corrected chi connectivity index (χ2v) is 5.74. The standard InChI is InChI=1S/C17H26N4O2/c1-3-5-8-13(11-18)19-16(22)12-21-15-10-7-6-9-14(15)20(4-2)17(21)23/h6-7,9-10,13H,3-5,8,11-12,18H2,1-2H3,(H,19,22). The molecule has 2 rings (SSSR count). The van der Waals surface area contributed by atoms with Crippen molar-refractivity contribution in [2.24, 2.45) is 5.73 Å². The number of nitrogens with two attached hydrogens (primary N) is 1. The Kier molecular flexibility index (Phi) is 5.98. The van der Waals surface area contributed by atoms with Crippen LogP contribution in [0.15, 0.2) is 29.1 Å². The molecule has 0 spiro atoms. The second kappa shape index (κ2) is 7.97. The highest BCUT2D eigenvalue weighted by molar-refractivity contribution is 5.81. The molecule has 0 fully saturated rings. The number of hydrogen-bond donors (Lipinski definition) is 2. The zero-order chi connectivity index (χ0) is 16.8. The third kappa shape index (κ3) is 3.82. The van der Waals surface area contributed by atoms with Crippen LogP contribution in [0.4, 0.5) is 0 Å². The average molecular weight is 318 g/mol. The number of imidazole rings is 1. The third-order valence-corrected chi connectivity index (χ3v) is 4.10. The summed E-state index contributed by atoms with van der Waals surface area (Å²) in [4.78, 5) is 24.8. The monoisotopic (exact) mass is 318 g/mol. The Hall–Kier alpha value is -2.08. The van der Waals surface area contributed by atoms with E-state index in [0.717, 1.165) is 30.3 Å². The van der Waals surface area contributed by atoms with Crippen LogP contribution in [0.3, 0.4) is 0 Å². The Morgan fingerprint density at radius 3 is 2.43 bits per heavy atom. The quantitative estimate of drug-likeness (QED) is 0.773. The highest BCUT2D eigenvalue weighted by atomic mass is 16.2. The summed E-state index contributed by atoms with van der Waals surface area (Å²) in [6.45, 7) is 5.05. The van der Waals surface area contributed by atoms with Crippen molar-refractivity contribution in [3.8, 4) is 0 Å². The SMILES string of the molecule is CCCCC(CN)NC(=O)Cn1c(=O)n(CC)c2ccccc21. The van der Waals surface area contributed by atoms with E-state index in [-0.39, 0.29) is 24.2 Å². The molecular weight excluding hydrogens is 292 g/mol. The Bertz CT molecular complexity index is 717. The van der Waals surface area contributed by atoms with Gasteiger partial charge in [0.25, 0.3) is 0 Å². The van der Waals surface area contributed by atoms with Gasteiger partial charge in [0.15, 0.2) is 0 Å². The first kappa shape index (κ1) is 17.3. The molecule has 6 nitrogen and oxygen atoms in total. The van der Waals surface area contributed by atoms with E-state index in [9.17, 15) is 9.59 Å². The van der Waals surface area contributed by atoms with E-state index in [1.165, 1.54) is 4.57 Å². The molecule has 0 aliphatic carbocycles. The van der Waals surface area contributed by atoms with Crippen molar-refractivity contribution in [3.05, 3.63) is 34.7 Å². The molecule has 126 valence electrons. The lowest BCUT2D eigenvalue weighted by Gasteiger charge is -2.16. The van der Waals surface area contributed by atoms with Gasteiger partial charge in [-0.3, -0.25) is 13.9 Å². The van der Waals surface area contributed by atoms with E-state index >= 15 is 0 Å². The average Bonchev–Trinajstić information content (AvgIpc) is 2.83. The van der Waals surface area contributed by atoms with E-state index < -0.39 is 0 Å². The number of amides is 1. The molecule has 2 aromatic rings. The fraction of sp³-hybridized carbons (Fsp3) is 0.529. The number of para-hydroxylation sites is 2. The van der Waals surface area contributed by atoms with Crippen LogP contribution < -0.4 is 16.7 Å². The maximum atomic E-state index is 12.5. The van der Waals surface area contributed by atoms with Crippen molar-refractivity contribution < 1.29 is 4.79 Å². The summed E-state index contributed by atoms with van der Waals surface area (Å²) in [7, 11) is 0. The van der Waals surface area contributed by atoms with E-state index in [0.29, 0.717) is 13.1 Å². The molecule has 23 heavy (non-hydrogen) atoms. The van der Waals surface area contributed by atoms with Gasteiger partial charge in [-0.2, -0.15) is 0 Å². The number of aryl methyl sites for hydroxylation is 1. The molecule has 1 heterocycles. The molecule has 0 saturated heterocycles. The van der Waals surface area contributed by atoms with Crippen molar-refractivity contribution in [1.82, 2.24) is 14.5 Å². The number of aromatic nitrogens is 2. The van der Waals surface area contributed by atoms with Gasteiger partial charge in [0.2, 0.25) is 5.91 Å². The van der Waals surface area contributed by atoms with Gasteiger partial charge in [0.1, 0.15) is 6.54 Å².